The van der Waals surface area contributed by atoms with Gasteiger partial charge in [-0.15, -0.1) is 0 Å². The number of aromatic nitrogens is 2. The molecular weight excluding hydrogens is 264 g/mol. The average Bonchev–Trinajstić information content (AvgIpc) is 2.86. The first-order chi connectivity index (χ1) is 9.10. The highest BCUT2D eigenvalue weighted by Gasteiger charge is 2.08. The third kappa shape index (κ3) is 3.29. The minimum atomic E-state index is -1.19. The van der Waals surface area contributed by atoms with E-state index in [1.165, 1.54) is 12.1 Å². The Morgan fingerprint density at radius 1 is 1.37 bits per heavy atom. The second-order valence-corrected chi connectivity index (χ2v) is 5.47. The Kier molecular flexibility index (Phi) is 4.11. The first kappa shape index (κ1) is 13.5. The van der Waals surface area contributed by atoms with Gasteiger partial charge in [-0.05, 0) is 31.2 Å². The van der Waals surface area contributed by atoms with E-state index in [1.807, 2.05) is 13.1 Å². The van der Waals surface area contributed by atoms with Gasteiger partial charge < -0.3 is 5.11 Å². The molecule has 1 N–H and O–H groups in total. The summed E-state index contributed by atoms with van der Waals surface area (Å²) in [7, 11) is -1.19. The van der Waals surface area contributed by atoms with Crippen LogP contribution in [0.25, 0.3) is 0 Å². The molecule has 100 valence electrons. The number of aromatic carboxylic acids is 1. The van der Waals surface area contributed by atoms with Crippen LogP contribution in [0.5, 0.6) is 0 Å². The lowest BCUT2D eigenvalue weighted by Crippen LogP contribution is -1.99. The van der Waals surface area contributed by atoms with Gasteiger partial charge in [0.25, 0.3) is 0 Å². The molecule has 0 fully saturated rings. The molecule has 1 aromatic carbocycles. The summed E-state index contributed by atoms with van der Waals surface area (Å²) < 4.78 is 13.9. The molecule has 5 nitrogen and oxygen atoms in total. The number of hydrogen-bond donors (Lipinski definition) is 1. The van der Waals surface area contributed by atoms with Crippen LogP contribution in [0.1, 0.15) is 22.8 Å². The van der Waals surface area contributed by atoms with E-state index in [0.29, 0.717) is 10.6 Å². The largest absolute Gasteiger partial charge is 0.478 e. The van der Waals surface area contributed by atoms with Gasteiger partial charge in [0.1, 0.15) is 0 Å². The summed E-state index contributed by atoms with van der Waals surface area (Å²) in [6, 6.07) is 6.10. The summed E-state index contributed by atoms with van der Waals surface area (Å²) in [6.07, 6.45) is 3.57. The molecule has 19 heavy (non-hydrogen) atoms. The summed E-state index contributed by atoms with van der Waals surface area (Å²) in [4.78, 5) is 11.3. The van der Waals surface area contributed by atoms with Crippen molar-refractivity contribution in [3.8, 4) is 0 Å². The lowest BCUT2D eigenvalue weighted by atomic mass is 10.2. The minimum absolute atomic E-state index is 0.194. The van der Waals surface area contributed by atoms with E-state index >= 15 is 0 Å². The molecule has 0 aliphatic rings. The third-order valence-electron chi connectivity index (χ3n) is 2.67. The minimum Gasteiger partial charge on any atom is -0.478 e. The van der Waals surface area contributed by atoms with E-state index in [1.54, 1.807) is 23.0 Å². The van der Waals surface area contributed by atoms with Gasteiger partial charge in [-0.1, -0.05) is 0 Å². The number of nitrogens with zero attached hydrogens (tertiary/aromatic N) is 2. The van der Waals surface area contributed by atoms with Gasteiger partial charge in [0.15, 0.2) is 0 Å². The Labute approximate surface area is 113 Å². The van der Waals surface area contributed by atoms with Crippen LogP contribution >= 0.6 is 0 Å². The standard InChI is InChI=1S/C13H14N2O3S/c1-2-15-8-10(7-14-15)9-19(18)12-5-3-11(4-6-12)13(16)17/h3-8H,2,9H2,1H3,(H,16,17). The van der Waals surface area contributed by atoms with E-state index in [4.69, 9.17) is 5.11 Å². The maximum atomic E-state index is 12.1. The highest BCUT2D eigenvalue weighted by molar-refractivity contribution is 7.84. The van der Waals surface area contributed by atoms with Gasteiger partial charge >= 0.3 is 5.97 Å². The van der Waals surface area contributed by atoms with Gasteiger partial charge in [0.05, 0.1) is 28.3 Å². The smallest absolute Gasteiger partial charge is 0.335 e. The van der Waals surface area contributed by atoms with Crippen molar-refractivity contribution in [1.29, 1.82) is 0 Å². The zero-order valence-electron chi connectivity index (χ0n) is 10.4. The summed E-state index contributed by atoms with van der Waals surface area (Å²) in [5.74, 6) is -0.603. The molecular formula is C13H14N2O3S. The van der Waals surface area contributed by atoms with Crippen molar-refractivity contribution in [3.05, 3.63) is 47.8 Å². The molecule has 1 aromatic heterocycles. The normalized spacial score (nSPS) is 12.3. The molecule has 0 amide bonds. The Bertz CT molecular complexity index is 605. The molecule has 1 heterocycles. The van der Waals surface area contributed by atoms with Crippen molar-refractivity contribution >= 4 is 16.8 Å². The van der Waals surface area contributed by atoms with Crippen LogP contribution in [0, 0.1) is 0 Å². The van der Waals surface area contributed by atoms with Crippen LogP contribution in [0.4, 0.5) is 0 Å². The molecule has 1 unspecified atom stereocenters. The molecule has 0 spiro atoms. The molecule has 2 aromatic rings. The van der Waals surface area contributed by atoms with Gasteiger partial charge in [-0.2, -0.15) is 5.10 Å². The molecule has 1 atom stereocenters. The van der Waals surface area contributed by atoms with Gasteiger partial charge in [0, 0.05) is 23.2 Å². The molecule has 0 saturated heterocycles. The van der Waals surface area contributed by atoms with Crippen LogP contribution in [-0.4, -0.2) is 25.1 Å². The fourth-order valence-electron chi connectivity index (χ4n) is 1.64. The first-order valence-electron chi connectivity index (χ1n) is 5.83. The van der Waals surface area contributed by atoms with Crippen LogP contribution in [0.15, 0.2) is 41.6 Å². The first-order valence-corrected chi connectivity index (χ1v) is 7.15. The maximum Gasteiger partial charge on any atom is 0.335 e. The van der Waals surface area contributed by atoms with Gasteiger partial charge in [-0.3, -0.25) is 8.89 Å². The summed E-state index contributed by atoms with van der Waals surface area (Å²) >= 11 is 0. The van der Waals surface area contributed by atoms with E-state index in [-0.39, 0.29) is 5.56 Å². The summed E-state index contributed by atoms with van der Waals surface area (Å²) in [6.45, 7) is 2.76. The van der Waals surface area contributed by atoms with E-state index in [0.717, 1.165) is 12.1 Å². The number of carboxylic acid groups (broad SMARTS) is 1. The number of carbonyl (C=O) groups is 1. The summed E-state index contributed by atoms with van der Waals surface area (Å²) in [5, 5.41) is 12.9. The predicted molar refractivity (Wildman–Crippen MR) is 71.4 cm³/mol. The fourth-order valence-corrected chi connectivity index (χ4v) is 2.70. The van der Waals surface area contributed by atoms with Crippen LogP contribution in [0.3, 0.4) is 0 Å². The van der Waals surface area contributed by atoms with E-state index in [2.05, 4.69) is 5.10 Å². The third-order valence-corrected chi connectivity index (χ3v) is 4.07. The quantitative estimate of drug-likeness (QED) is 0.906. The maximum absolute atomic E-state index is 12.1. The number of benzene rings is 1. The molecule has 0 bridgehead atoms. The average molecular weight is 278 g/mol. The topological polar surface area (TPSA) is 72.2 Å². The van der Waals surface area contributed by atoms with Crippen LogP contribution < -0.4 is 0 Å². The fraction of sp³-hybridized carbons (Fsp3) is 0.231. The molecule has 2 rings (SSSR count). The van der Waals surface area contributed by atoms with E-state index in [9.17, 15) is 9.00 Å². The van der Waals surface area contributed by atoms with Crippen LogP contribution in [0.2, 0.25) is 0 Å². The second-order valence-electron chi connectivity index (χ2n) is 4.02. The van der Waals surface area contributed by atoms with Crippen molar-refractivity contribution in [2.45, 2.75) is 24.1 Å². The zero-order chi connectivity index (χ0) is 13.8. The SMILES string of the molecule is CCn1cc(CS(=O)c2ccc(C(=O)O)cc2)cn1. The lowest BCUT2D eigenvalue weighted by Gasteiger charge is -2.01. The Morgan fingerprint density at radius 2 is 2.05 bits per heavy atom. The van der Waals surface area contributed by atoms with Crippen molar-refractivity contribution in [2.24, 2.45) is 0 Å². The van der Waals surface area contributed by atoms with E-state index < -0.39 is 16.8 Å². The number of carboxylic acids is 1. The van der Waals surface area contributed by atoms with Gasteiger partial charge in [0.2, 0.25) is 0 Å². The highest BCUT2D eigenvalue weighted by Crippen LogP contribution is 2.13. The monoisotopic (exact) mass is 278 g/mol. The Morgan fingerprint density at radius 3 is 2.58 bits per heavy atom. The van der Waals surface area contributed by atoms with Crippen molar-refractivity contribution in [3.63, 3.8) is 0 Å². The second kappa shape index (κ2) is 5.79. The molecule has 0 aliphatic heterocycles. The molecule has 0 radical (unpaired) electrons. The van der Waals surface area contributed by atoms with Gasteiger partial charge in [-0.25, -0.2) is 4.79 Å². The lowest BCUT2D eigenvalue weighted by molar-refractivity contribution is 0.0697. The molecule has 6 heteroatoms. The van der Waals surface area contributed by atoms with Crippen molar-refractivity contribution < 1.29 is 14.1 Å². The Hall–Kier alpha value is -1.95. The Balaban J connectivity index is 2.09. The highest BCUT2D eigenvalue weighted by atomic mass is 32.2. The summed E-state index contributed by atoms with van der Waals surface area (Å²) in [5.41, 5.74) is 1.10. The molecule has 0 saturated carbocycles. The number of aryl methyl sites for hydroxylation is 1. The number of hydrogen-bond acceptors (Lipinski definition) is 3. The van der Waals surface area contributed by atoms with Crippen molar-refractivity contribution in [1.82, 2.24) is 9.78 Å². The number of rotatable bonds is 5. The van der Waals surface area contributed by atoms with Crippen molar-refractivity contribution in [2.75, 3.05) is 0 Å². The molecule has 0 aliphatic carbocycles. The zero-order valence-corrected chi connectivity index (χ0v) is 11.3. The van der Waals surface area contributed by atoms with Crippen LogP contribution in [-0.2, 0) is 23.1 Å². The predicted octanol–water partition coefficient (Wildman–Crippen LogP) is 1.91.